The Morgan fingerprint density at radius 2 is 2.04 bits per heavy atom. The Hall–Kier alpha value is -2.95. The minimum absolute atomic E-state index is 0.303. The van der Waals surface area contributed by atoms with Gasteiger partial charge in [-0.25, -0.2) is 4.39 Å². The van der Waals surface area contributed by atoms with Crippen molar-refractivity contribution in [2.24, 2.45) is 0 Å². The third-order valence-corrected chi connectivity index (χ3v) is 3.86. The minimum atomic E-state index is -0.340. The number of aromatic amines is 1. The van der Waals surface area contributed by atoms with Crippen LogP contribution in [0.4, 0.5) is 10.1 Å². The Balaban J connectivity index is 1.80. The zero-order valence-corrected chi connectivity index (χ0v) is 12.9. The number of fused-ring (bicyclic) bond motifs is 1. The first-order valence-corrected chi connectivity index (χ1v) is 7.23. The summed E-state index contributed by atoms with van der Waals surface area (Å²) in [6.45, 7) is 3.60. The summed E-state index contributed by atoms with van der Waals surface area (Å²) in [5.41, 5.74) is 3.79. The van der Waals surface area contributed by atoms with Crippen LogP contribution in [0.3, 0.4) is 0 Å². The molecule has 0 spiro atoms. The highest BCUT2D eigenvalue weighted by Gasteiger charge is 2.06. The summed E-state index contributed by atoms with van der Waals surface area (Å²) >= 11 is 0. The summed E-state index contributed by atoms with van der Waals surface area (Å²) < 4.78 is 13.5. The predicted octanol–water partition coefficient (Wildman–Crippen LogP) is 3.97. The number of hydrogen-bond acceptors (Lipinski definition) is 2. The predicted molar refractivity (Wildman–Crippen MR) is 89.6 cm³/mol. The highest BCUT2D eigenvalue weighted by Crippen LogP contribution is 2.21. The van der Waals surface area contributed by atoms with Crippen LogP contribution in [0, 0.1) is 19.7 Å². The molecule has 0 aliphatic rings. The smallest absolute Gasteiger partial charge is 0.248 e. The number of H-pyrrole nitrogens is 1. The number of anilines is 1. The SMILES string of the molecule is Cc1c(F)cccc1NC(=O)/C=C/c1ccc2cn[nH]c2c1C. The average Bonchev–Trinajstić information content (AvgIpc) is 3.01. The molecular weight excluding hydrogens is 293 g/mol. The zero-order chi connectivity index (χ0) is 16.4. The van der Waals surface area contributed by atoms with Gasteiger partial charge in [-0.3, -0.25) is 9.89 Å². The van der Waals surface area contributed by atoms with Crippen molar-refractivity contribution in [3.63, 3.8) is 0 Å². The zero-order valence-electron chi connectivity index (χ0n) is 12.9. The average molecular weight is 309 g/mol. The molecule has 23 heavy (non-hydrogen) atoms. The van der Waals surface area contributed by atoms with Gasteiger partial charge in [-0.2, -0.15) is 5.10 Å². The molecule has 0 atom stereocenters. The Kier molecular flexibility index (Phi) is 3.93. The molecule has 0 aliphatic heterocycles. The monoisotopic (exact) mass is 309 g/mol. The second-order valence-corrected chi connectivity index (χ2v) is 5.35. The van der Waals surface area contributed by atoms with Crippen LogP contribution in [0.15, 0.2) is 42.6 Å². The van der Waals surface area contributed by atoms with Gasteiger partial charge in [0.15, 0.2) is 0 Å². The number of carbonyl (C=O) groups is 1. The van der Waals surface area contributed by atoms with E-state index >= 15 is 0 Å². The Labute approximate surface area is 133 Å². The van der Waals surface area contributed by atoms with Crippen LogP contribution >= 0.6 is 0 Å². The van der Waals surface area contributed by atoms with Crippen molar-refractivity contribution in [3.05, 3.63) is 65.1 Å². The van der Waals surface area contributed by atoms with Gasteiger partial charge >= 0.3 is 0 Å². The molecule has 3 aromatic rings. The quantitative estimate of drug-likeness (QED) is 0.719. The first kappa shape index (κ1) is 15.0. The number of aryl methyl sites for hydroxylation is 1. The van der Waals surface area contributed by atoms with Crippen LogP contribution in [-0.4, -0.2) is 16.1 Å². The number of aromatic nitrogens is 2. The molecule has 0 aliphatic carbocycles. The van der Waals surface area contributed by atoms with Crippen LogP contribution in [0.1, 0.15) is 16.7 Å². The number of rotatable bonds is 3. The molecule has 1 aromatic heterocycles. The van der Waals surface area contributed by atoms with Crippen molar-refractivity contribution in [3.8, 4) is 0 Å². The molecule has 0 radical (unpaired) electrons. The Morgan fingerprint density at radius 1 is 1.22 bits per heavy atom. The van der Waals surface area contributed by atoms with Crippen molar-refractivity contribution < 1.29 is 9.18 Å². The van der Waals surface area contributed by atoms with E-state index in [-0.39, 0.29) is 11.7 Å². The lowest BCUT2D eigenvalue weighted by molar-refractivity contribution is -0.111. The van der Waals surface area contributed by atoms with Crippen molar-refractivity contribution in [1.82, 2.24) is 10.2 Å². The fourth-order valence-corrected chi connectivity index (χ4v) is 2.43. The normalized spacial score (nSPS) is 11.3. The van der Waals surface area contributed by atoms with Gasteiger partial charge < -0.3 is 5.32 Å². The summed E-state index contributed by atoms with van der Waals surface area (Å²) in [4.78, 5) is 12.0. The molecule has 3 rings (SSSR count). The summed E-state index contributed by atoms with van der Waals surface area (Å²) in [7, 11) is 0. The lowest BCUT2D eigenvalue weighted by Gasteiger charge is -2.07. The number of benzene rings is 2. The number of amides is 1. The molecule has 0 fully saturated rings. The molecular formula is C18H16FN3O. The van der Waals surface area contributed by atoms with Gasteiger partial charge in [0, 0.05) is 22.7 Å². The van der Waals surface area contributed by atoms with Gasteiger partial charge in [-0.15, -0.1) is 0 Å². The molecule has 0 unspecified atom stereocenters. The van der Waals surface area contributed by atoms with Crippen molar-refractivity contribution in [2.75, 3.05) is 5.32 Å². The van der Waals surface area contributed by atoms with E-state index in [1.165, 1.54) is 12.1 Å². The second kappa shape index (κ2) is 6.04. The maximum Gasteiger partial charge on any atom is 0.248 e. The number of carbonyl (C=O) groups excluding carboxylic acids is 1. The number of hydrogen-bond donors (Lipinski definition) is 2. The first-order valence-electron chi connectivity index (χ1n) is 7.23. The van der Waals surface area contributed by atoms with E-state index in [9.17, 15) is 9.18 Å². The van der Waals surface area contributed by atoms with E-state index in [0.717, 1.165) is 22.0 Å². The third kappa shape index (κ3) is 2.99. The van der Waals surface area contributed by atoms with E-state index in [1.807, 2.05) is 19.1 Å². The molecule has 0 saturated carbocycles. The third-order valence-electron chi connectivity index (χ3n) is 3.86. The second-order valence-electron chi connectivity index (χ2n) is 5.35. The molecule has 2 aromatic carbocycles. The highest BCUT2D eigenvalue weighted by atomic mass is 19.1. The molecule has 1 amide bonds. The van der Waals surface area contributed by atoms with Crippen LogP contribution in [0.25, 0.3) is 17.0 Å². The summed E-state index contributed by atoms with van der Waals surface area (Å²) in [6, 6.07) is 8.48. The van der Waals surface area contributed by atoms with Gasteiger partial charge in [0.1, 0.15) is 5.82 Å². The highest BCUT2D eigenvalue weighted by molar-refractivity contribution is 6.02. The molecule has 0 bridgehead atoms. The number of nitrogens with one attached hydrogen (secondary N) is 2. The fourth-order valence-electron chi connectivity index (χ4n) is 2.43. The molecule has 2 N–H and O–H groups in total. The van der Waals surface area contributed by atoms with Gasteiger partial charge in [-0.05, 0) is 43.2 Å². The summed E-state index contributed by atoms with van der Waals surface area (Å²) in [5.74, 6) is -0.643. The Bertz CT molecular complexity index is 912. The number of halogens is 1. The minimum Gasteiger partial charge on any atom is -0.322 e. The van der Waals surface area contributed by atoms with Crippen molar-refractivity contribution in [2.45, 2.75) is 13.8 Å². The van der Waals surface area contributed by atoms with Gasteiger partial charge in [0.2, 0.25) is 5.91 Å². The standard InChI is InChI=1S/C18H16FN3O/c1-11-13(6-7-14-10-20-22-18(11)14)8-9-17(23)21-16-5-3-4-15(19)12(16)2/h3-10H,1-2H3,(H,20,22)(H,21,23)/b9-8+. The molecule has 0 saturated heterocycles. The fraction of sp³-hybridized carbons (Fsp3) is 0.111. The van der Waals surface area contributed by atoms with Crippen LogP contribution in [0.5, 0.6) is 0 Å². The van der Waals surface area contributed by atoms with Gasteiger partial charge in [-0.1, -0.05) is 18.2 Å². The largest absolute Gasteiger partial charge is 0.322 e. The van der Waals surface area contributed by atoms with Gasteiger partial charge in [0.25, 0.3) is 0 Å². The van der Waals surface area contributed by atoms with E-state index in [4.69, 9.17) is 0 Å². The van der Waals surface area contributed by atoms with Crippen LogP contribution < -0.4 is 5.32 Å². The molecule has 116 valence electrons. The van der Waals surface area contributed by atoms with E-state index in [2.05, 4.69) is 15.5 Å². The van der Waals surface area contributed by atoms with E-state index in [0.29, 0.717) is 11.3 Å². The van der Waals surface area contributed by atoms with Crippen molar-refractivity contribution in [1.29, 1.82) is 0 Å². The Morgan fingerprint density at radius 3 is 2.87 bits per heavy atom. The molecule has 1 heterocycles. The topological polar surface area (TPSA) is 57.8 Å². The van der Waals surface area contributed by atoms with Crippen LogP contribution in [0.2, 0.25) is 0 Å². The lowest BCUT2D eigenvalue weighted by atomic mass is 10.1. The van der Waals surface area contributed by atoms with E-state index < -0.39 is 0 Å². The molecule has 4 nitrogen and oxygen atoms in total. The van der Waals surface area contributed by atoms with E-state index in [1.54, 1.807) is 31.3 Å². The number of nitrogens with zero attached hydrogens (tertiary/aromatic N) is 1. The lowest BCUT2D eigenvalue weighted by Crippen LogP contribution is -2.09. The summed E-state index contributed by atoms with van der Waals surface area (Å²) in [5, 5.41) is 10.7. The van der Waals surface area contributed by atoms with Crippen LogP contribution in [-0.2, 0) is 4.79 Å². The first-order chi connectivity index (χ1) is 11.1. The maximum atomic E-state index is 13.5. The summed E-state index contributed by atoms with van der Waals surface area (Å²) in [6.07, 6.45) is 4.93. The maximum absolute atomic E-state index is 13.5. The molecule has 5 heteroatoms. The van der Waals surface area contributed by atoms with Crippen molar-refractivity contribution >= 4 is 28.6 Å². The van der Waals surface area contributed by atoms with Gasteiger partial charge in [0.05, 0.1) is 11.7 Å².